The second-order valence-corrected chi connectivity index (χ2v) is 7.81. The first kappa shape index (κ1) is 21.4. The standard InChI is InChI=1S/C20H15BrCl2N2O4/c1-3-29-17-15(22)8-11(9-16(17)23)7-13-18(26)24-20(28)25(19(13)27)12-4-5-14(21)10(2)6-12/h4-9H,3H2,1-2H3,(H,24,26,28)/b13-7+. The highest BCUT2D eigenvalue weighted by Crippen LogP contribution is 2.35. The largest absolute Gasteiger partial charge is 0.491 e. The van der Waals surface area contributed by atoms with Gasteiger partial charge in [-0.05, 0) is 61.4 Å². The topological polar surface area (TPSA) is 75.7 Å². The molecule has 1 heterocycles. The Morgan fingerprint density at radius 2 is 1.79 bits per heavy atom. The molecule has 0 radical (unpaired) electrons. The summed E-state index contributed by atoms with van der Waals surface area (Å²) in [4.78, 5) is 38.5. The van der Waals surface area contributed by atoms with E-state index in [1.165, 1.54) is 18.2 Å². The van der Waals surface area contributed by atoms with E-state index in [1.54, 1.807) is 25.1 Å². The van der Waals surface area contributed by atoms with Crippen molar-refractivity contribution in [1.82, 2.24) is 5.32 Å². The molecular formula is C20H15BrCl2N2O4. The second kappa shape index (κ2) is 8.57. The van der Waals surface area contributed by atoms with Crippen LogP contribution in [0.4, 0.5) is 10.5 Å². The van der Waals surface area contributed by atoms with Crippen molar-refractivity contribution in [2.45, 2.75) is 13.8 Å². The molecule has 29 heavy (non-hydrogen) atoms. The summed E-state index contributed by atoms with van der Waals surface area (Å²) in [5.41, 5.74) is 1.37. The summed E-state index contributed by atoms with van der Waals surface area (Å²) in [7, 11) is 0. The molecule has 1 N–H and O–H groups in total. The minimum atomic E-state index is -0.818. The minimum Gasteiger partial charge on any atom is -0.491 e. The van der Waals surface area contributed by atoms with Gasteiger partial charge in [-0.3, -0.25) is 14.9 Å². The van der Waals surface area contributed by atoms with Crippen LogP contribution in [0.3, 0.4) is 0 Å². The Balaban J connectivity index is 2.02. The maximum atomic E-state index is 13.0. The molecule has 1 saturated heterocycles. The molecular weight excluding hydrogens is 483 g/mol. The van der Waals surface area contributed by atoms with Crippen LogP contribution in [-0.2, 0) is 9.59 Å². The van der Waals surface area contributed by atoms with Crippen LogP contribution in [0.15, 0.2) is 40.4 Å². The van der Waals surface area contributed by atoms with Crippen molar-refractivity contribution < 1.29 is 19.1 Å². The number of amides is 4. The molecule has 4 amide bonds. The average Bonchev–Trinajstić information content (AvgIpc) is 2.64. The number of urea groups is 1. The summed E-state index contributed by atoms with van der Waals surface area (Å²) >= 11 is 15.8. The minimum absolute atomic E-state index is 0.221. The number of nitrogens with one attached hydrogen (secondary N) is 1. The highest BCUT2D eigenvalue weighted by molar-refractivity contribution is 9.10. The van der Waals surface area contributed by atoms with Crippen molar-refractivity contribution in [3.8, 4) is 5.75 Å². The van der Waals surface area contributed by atoms with E-state index in [0.29, 0.717) is 23.6 Å². The summed E-state index contributed by atoms with van der Waals surface area (Å²) in [6.07, 6.45) is 1.33. The highest BCUT2D eigenvalue weighted by Gasteiger charge is 2.37. The Morgan fingerprint density at radius 3 is 2.38 bits per heavy atom. The number of anilines is 1. The molecule has 3 rings (SSSR count). The molecule has 1 aliphatic rings. The third-order valence-corrected chi connectivity index (χ3v) is 5.57. The first-order chi connectivity index (χ1) is 13.7. The molecule has 1 fully saturated rings. The molecule has 2 aromatic carbocycles. The zero-order valence-corrected chi connectivity index (χ0v) is 18.5. The van der Waals surface area contributed by atoms with Crippen LogP contribution in [0, 0.1) is 6.92 Å². The monoisotopic (exact) mass is 496 g/mol. The van der Waals surface area contributed by atoms with Gasteiger partial charge in [-0.25, -0.2) is 9.69 Å². The quantitative estimate of drug-likeness (QED) is 0.469. The van der Waals surface area contributed by atoms with Crippen molar-refractivity contribution in [3.63, 3.8) is 0 Å². The molecule has 150 valence electrons. The number of ether oxygens (including phenoxy) is 1. The van der Waals surface area contributed by atoms with E-state index in [9.17, 15) is 14.4 Å². The van der Waals surface area contributed by atoms with Crippen LogP contribution < -0.4 is 15.0 Å². The Labute approximate surface area is 185 Å². The molecule has 0 spiro atoms. The molecule has 0 saturated carbocycles. The number of rotatable bonds is 4. The number of hydrogen-bond donors (Lipinski definition) is 1. The Morgan fingerprint density at radius 1 is 1.14 bits per heavy atom. The van der Waals surface area contributed by atoms with Gasteiger partial charge in [0.2, 0.25) is 0 Å². The van der Waals surface area contributed by atoms with Gasteiger partial charge < -0.3 is 4.74 Å². The highest BCUT2D eigenvalue weighted by atomic mass is 79.9. The van der Waals surface area contributed by atoms with Gasteiger partial charge >= 0.3 is 6.03 Å². The van der Waals surface area contributed by atoms with Gasteiger partial charge in [0.15, 0.2) is 5.75 Å². The predicted octanol–water partition coefficient (Wildman–Crippen LogP) is 5.13. The molecule has 0 unspecified atom stereocenters. The fraction of sp³-hybridized carbons (Fsp3) is 0.150. The maximum Gasteiger partial charge on any atom is 0.335 e. The van der Waals surface area contributed by atoms with Crippen LogP contribution >= 0.6 is 39.1 Å². The summed E-state index contributed by atoms with van der Waals surface area (Å²) < 4.78 is 6.21. The summed E-state index contributed by atoms with van der Waals surface area (Å²) in [6.45, 7) is 4.00. The van der Waals surface area contributed by atoms with Crippen molar-refractivity contribution in [2.24, 2.45) is 0 Å². The lowest BCUT2D eigenvalue weighted by molar-refractivity contribution is -0.122. The van der Waals surface area contributed by atoms with Gasteiger partial charge in [0.25, 0.3) is 11.8 Å². The average molecular weight is 498 g/mol. The van der Waals surface area contributed by atoms with Crippen LogP contribution in [0.2, 0.25) is 10.0 Å². The third-order valence-electron chi connectivity index (χ3n) is 4.12. The molecule has 9 heteroatoms. The Hall–Kier alpha value is -2.35. The first-order valence-corrected chi connectivity index (χ1v) is 10.1. The zero-order valence-electron chi connectivity index (χ0n) is 15.4. The third kappa shape index (κ3) is 4.32. The lowest BCUT2D eigenvalue weighted by Gasteiger charge is -2.26. The summed E-state index contributed by atoms with van der Waals surface area (Å²) in [5, 5.41) is 2.66. The lowest BCUT2D eigenvalue weighted by Crippen LogP contribution is -2.54. The van der Waals surface area contributed by atoms with Crippen molar-refractivity contribution >= 4 is 68.7 Å². The van der Waals surface area contributed by atoms with Crippen molar-refractivity contribution in [1.29, 1.82) is 0 Å². The number of nitrogens with zero attached hydrogens (tertiary/aromatic N) is 1. The van der Waals surface area contributed by atoms with Gasteiger partial charge in [-0.1, -0.05) is 39.1 Å². The van der Waals surface area contributed by atoms with E-state index in [1.807, 2.05) is 6.92 Å². The number of carbonyl (C=O) groups is 3. The number of benzene rings is 2. The van der Waals surface area contributed by atoms with E-state index in [-0.39, 0.29) is 15.6 Å². The van der Waals surface area contributed by atoms with E-state index in [2.05, 4.69) is 21.2 Å². The molecule has 1 aliphatic heterocycles. The fourth-order valence-corrected chi connectivity index (χ4v) is 3.63. The molecule has 2 aromatic rings. The van der Waals surface area contributed by atoms with Gasteiger partial charge in [0.1, 0.15) is 5.57 Å². The first-order valence-electron chi connectivity index (χ1n) is 8.52. The predicted molar refractivity (Wildman–Crippen MR) is 116 cm³/mol. The van der Waals surface area contributed by atoms with Gasteiger partial charge in [0, 0.05) is 4.47 Å². The normalized spacial score (nSPS) is 15.7. The van der Waals surface area contributed by atoms with E-state index in [4.69, 9.17) is 27.9 Å². The van der Waals surface area contributed by atoms with E-state index < -0.39 is 17.8 Å². The maximum absolute atomic E-state index is 13.0. The summed E-state index contributed by atoms with van der Waals surface area (Å²) in [6, 6.07) is 7.22. The van der Waals surface area contributed by atoms with Crippen molar-refractivity contribution in [3.05, 3.63) is 61.5 Å². The van der Waals surface area contributed by atoms with E-state index >= 15 is 0 Å². The smallest absolute Gasteiger partial charge is 0.335 e. The van der Waals surface area contributed by atoms with Crippen molar-refractivity contribution in [2.75, 3.05) is 11.5 Å². The second-order valence-electron chi connectivity index (χ2n) is 6.14. The molecule has 0 aliphatic carbocycles. The molecule has 0 bridgehead atoms. The SMILES string of the molecule is CCOc1c(Cl)cc(/C=C2\C(=O)NC(=O)N(c3ccc(Br)c(C)c3)C2=O)cc1Cl. The Kier molecular flexibility index (Phi) is 6.31. The lowest BCUT2D eigenvalue weighted by atomic mass is 10.1. The van der Waals surface area contributed by atoms with Crippen LogP contribution in [0.25, 0.3) is 6.08 Å². The number of hydrogen-bond acceptors (Lipinski definition) is 4. The van der Waals surface area contributed by atoms with E-state index in [0.717, 1.165) is 14.9 Å². The van der Waals surface area contributed by atoms with Gasteiger partial charge in [0.05, 0.1) is 22.3 Å². The number of barbiturate groups is 1. The van der Waals surface area contributed by atoms with Gasteiger partial charge in [-0.2, -0.15) is 0 Å². The number of carbonyl (C=O) groups excluding carboxylic acids is 3. The zero-order chi connectivity index (χ0) is 21.3. The van der Waals surface area contributed by atoms with Crippen LogP contribution in [0.1, 0.15) is 18.1 Å². The molecule has 6 nitrogen and oxygen atoms in total. The summed E-state index contributed by atoms with van der Waals surface area (Å²) in [5.74, 6) is -1.23. The Bertz CT molecular complexity index is 1050. The molecule has 0 atom stereocenters. The van der Waals surface area contributed by atoms with Crippen LogP contribution in [0.5, 0.6) is 5.75 Å². The molecule has 0 aromatic heterocycles. The number of aryl methyl sites for hydroxylation is 1. The fourth-order valence-electron chi connectivity index (χ4n) is 2.77. The van der Waals surface area contributed by atoms with Gasteiger partial charge in [-0.15, -0.1) is 0 Å². The number of imide groups is 2. The van der Waals surface area contributed by atoms with Crippen LogP contribution in [-0.4, -0.2) is 24.5 Å². The number of halogens is 3.